The van der Waals surface area contributed by atoms with Crippen molar-refractivity contribution >= 4 is 28.9 Å². The van der Waals surface area contributed by atoms with Crippen LogP contribution in [0.15, 0.2) is 48.7 Å². The number of amides is 1. The SMILES string of the molecule is COc1cc(NC(=O)C2CCCC2)cc(Nc2nccc(-c3ccc(OC)c(N)c3)n2)c1. The van der Waals surface area contributed by atoms with E-state index in [1.54, 1.807) is 32.5 Å². The number of ether oxygens (including phenoxy) is 2. The minimum absolute atomic E-state index is 0.0528. The highest BCUT2D eigenvalue weighted by atomic mass is 16.5. The number of hydrogen-bond donors (Lipinski definition) is 3. The van der Waals surface area contributed by atoms with Crippen LogP contribution in [0.25, 0.3) is 11.3 Å². The maximum Gasteiger partial charge on any atom is 0.227 e. The Kier molecular flexibility index (Phi) is 6.39. The first kappa shape index (κ1) is 21.4. The van der Waals surface area contributed by atoms with Gasteiger partial charge in [-0.1, -0.05) is 12.8 Å². The first-order valence-corrected chi connectivity index (χ1v) is 10.6. The molecule has 1 heterocycles. The van der Waals surface area contributed by atoms with Crippen LogP contribution in [0.4, 0.5) is 23.0 Å². The average Bonchev–Trinajstić information content (AvgIpc) is 3.34. The van der Waals surface area contributed by atoms with Gasteiger partial charge in [-0.25, -0.2) is 9.97 Å². The Bertz CT molecular complexity index is 1110. The molecule has 0 aliphatic heterocycles. The van der Waals surface area contributed by atoms with Gasteiger partial charge in [0.2, 0.25) is 11.9 Å². The molecule has 0 spiro atoms. The second-order valence-electron chi connectivity index (χ2n) is 7.77. The van der Waals surface area contributed by atoms with Crippen LogP contribution in [0.5, 0.6) is 11.5 Å². The van der Waals surface area contributed by atoms with Crippen molar-refractivity contribution in [1.29, 1.82) is 0 Å². The second-order valence-corrected chi connectivity index (χ2v) is 7.77. The number of hydrogen-bond acceptors (Lipinski definition) is 7. The summed E-state index contributed by atoms with van der Waals surface area (Å²) in [6.07, 6.45) is 5.77. The molecule has 1 aliphatic rings. The number of nitrogens with one attached hydrogen (secondary N) is 2. The van der Waals surface area contributed by atoms with Gasteiger partial charge in [-0.15, -0.1) is 0 Å². The molecule has 8 heteroatoms. The Morgan fingerprint density at radius 1 is 1.03 bits per heavy atom. The van der Waals surface area contributed by atoms with Gasteiger partial charge in [-0.05, 0) is 43.2 Å². The zero-order valence-electron chi connectivity index (χ0n) is 18.2. The zero-order chi connectivity index (χ0) is 22.5. The monoisotopic (exact) mass is 433 g/mol. The molecular formula is C24H27N5O3. The van der Waals surface area contributed by atoms with E-state index >= 15 is 0 Å². The van der Waals surface area contributed by atoms with Gasteiger partial charge in [0.05, 0.1) is 25.6 Å². The lowest BCUT2D eigenvalue weighted by Crippen LogP contribution is -2.20. The Morgan fingerprint density at radius 3 is 2.53 bits per heavy atom. The third-order valence-corrected chi connectivity index (χ3v) is 5.57. The zero-order valence-corrected chi connectivity index (χ0v) is 18.2. The van der Waals surface area contributed by atoms with E-state index in [1.807, 2.05) is 30.3 Å². The molecule has 0 radical (unpaired) electrons. The van der Waals surface area contributed by atoms with Crippen molar-refractivity contribution in [1.82, 2.24) is 9.97 Å². The standard InChI is InChI=1S/C24H27N5O3/c1-31-19-13-17(27-23(30)15-5-3-4-6-15)12-18(14-19)28-24-26-10-9-21(29-24)16-7-8-22(32-2)20(25)11-16/h7-15H,3-6,25H2,1-2H3,(H,27,30)(H,26,28,29). The van der Waals surface area contributed by atoms with Crippen molar-refractivity contribution in [3.63, 3.8) is 0 Å². The van der Waals surface area contributed by atoms with Crippen molar-refractivity contribution in [2.24, 2.45) is 5.92 Å². The van der Waals surface area contributed by atoms with Crippen LogP contribution in [0, 0.1) is 5.92 Å². The Labute approximate surface area is 187 Å². The highest BCUT2D eigenvalue weighted by Crippen LogP contribution is 2.31. The summed E-state index contributed by atoms with van der Waals surface area (Å²) in [6.45, 7) is 0. The molecule has 3 aromatic rings. The summed E-state index contributed by atoms with van der Waals surface area (Å²) in [5.41, 5.74) is 9.51. The van der Waals surface area contributed by atoms with E-state index in [-0.39, 0.29) is 11.8 Å². The molecule has 0 atom stereocenters. The summed E-state index contributed by atoms with van der Waals surface area (Å²) in [4.78, 5) is 21.5. The van der Waals surface area contributed by atoms with Gasteiger partial charge in [-0.2, -0.15) is 0 Å². The number of aromatic nitrogens is 2. The molecule has 8 nitrogen and oxygen atoms in total. The smallest absolute Gasteiger partial charge is 0.227 e. The number of nitrogen functional groups attached to an aromatic ring is 1. The van der Waals surface area contributed by atoms with E-state index in [1.165, 1.54) is 0 Å². The third-order valence-electron chi connectivity index (χ3n) is 5.57. The van der Waals surface area contributed by atoms with Crippen molar-refractivity contribution in [3.05, 3.63) is 48.7 Å². The van der Waals surface area contributed by atoms with E-state index in [4.69, 9.17) is 15.2 Å². The van der Waals surface area contributed by atoms with Crippen LogP contribution in [-0.2, 0) is 4.79 Å². The van der Waals surface area contributed by atoms with Gasteiger partial charge in [0, 0.05) is 41.2 Å². The highest BCUT2D eigenvalue weighted by molar-refractivity contribution is 5.93. The molecule has 166 valence electrons. The normalized spacial score (nSPS) is 13.6. The van der Waals surface area contributed by atoms with E-state index < -0.39 is 0 Å². The second kappa shape index (κ2) is 9.55. The van der Waals surface area contributed by atoms with Crippen molar-refractivity contribution < 1.29 is 14.3 Å². The highest BCUT2D eigenvalue weighted by Gasteiger charge is 2.22. The van der Waals surface area contributed by atoms with Crippen LogP contribution in [0.1, 0.15) is 25.7 Å². The summed E-state index contributed by atoms with van der Waals surface area (Å²) in [6, 6.07) is 12.8. The minimum atomic E-state index is 0.0528. The van der Waals surface area contributed by atoms with E-state index in [2.05, 4.69) is 20.6 Å². The summed E-state index contributed by atoms with van der Waals surface area (Å²) in [5.74, 6) is 1.78. The molecule has 4 rings (SSSR count). The topological polar surface area (TPSA) is 111 Å². The molecule has 1 saturated carbocycles. The fourth-order valence-electron chi connectivity index (χ4n) is 3.90. The largest absolute Gasteiger partial charge is 0.497 e. The summed E-state index contributed by atoms with van der Waals surface area (Å²) in [7, 11) is 3.17. The molecular weight excluding hydrogens is 406 g/mol. The molecule has 2 aromatic carbocycles. The predicted octanol–water partition coefficient (Wildman–Crippen LogP) is 4.62. The van der Waals surface area contributed by atoms with E-state index in [0.717, 1.165) is 36.9 Å². The van der Waals surface area contributed by atoms with Gasteiger partial charge in [0.1, 0.15) is 11.5 Å². The molecule has 0 bridgehead atoms. The first-order valence-electron chi connectivity index (χ1n) is 10.6. The van der Waals surface area contributed by atoms with Gasteiger partial charge < -0.3 is 25.8 Å². The van der Waals surface area contributed by atoms with Gasteiger partial charge in [0.15, 0.2) is 0 Å². The predicted molar refractivity (Wildman–Crippen MR) is 125 cm³/mol. The molecule has 1 fully saturated rings. The van der Waals surface area contributed by atoms with Crippen LogP contribution >= 0.6 is 0 Å². The Morgan fingerprint density at radius 2 is 1.81 bits per heavy atom. The van der Waals surface area contributed by atoms with Crippen LogP contribution in [0.3, 0.4) is 0 Å². The summed E-state index contributed by atoms with van der Waals surface area (Å²) >= 11 is 0. The molecule has 32 heavy (non-hydrogen) atoms. The molecule has 0 saturated heterocycles. The average molecular weight is 434 g/mol. The quantitative estimate of drug-likeness (QED) is 0.466. The number of rotatable bonds is 7. The number of anilines is 4. The maximum atomic E-state index is 12.5. The van der Waals surface area contributed by atoms with Crippen molar-refractivity contribution in [2.75, 3.05) is 30.6 Å². The lowest BCUT2D eigenvalue weighted by molar-refractivity contribution is -0.119. The van der Waals surface area contributed by atoms with Crippen LogP contribution in [0.2, 0.25) is 0 Å². The number of nitrogens with two attached hydrogens (primary N) is 1. The summed E-state index contributed by atoms with van der Waals surface area (Å²) in [5, 5.41) is 6.21. The number of carbonyl (C=O) groups is 1. The minimum Gasteiger partial charge on any atom is -0.497 e. The number of carbonyl (C=O) groups excluding carboxylic acids is 1. The van der Waals surface area contributed by atoms with E-state index in [9.17, 15) is 4.79 Å². The number of benzene rings is 2. The van der Waals surface area contributed by atoms with Crippen molar-refractivity contribution in [2.45, 2.75) is 25.7 Å². The van der Waals surface area contributed by atoms with E-state index in [0.29, 0.717) is 34.5 Å². The number of methoxy groups -OCH3 is 2. The first-order chi connectivity index (χ1) is 15.6. The molecule has 1 amide bonds. The summed E-state index contributed by atoms with van der Waals surface area (Å²) < 4.78 is 10.6. The van der Waals surface area contributed by atoms with Crippen molar-refractivity contribution in [3.8, 4) is 22.8 Å². The molecule has 1 aliphatic carbocycles. The fraction of sp³-hybridized carbons (Fsp3) is 0.292. The Hall–Kier alpha value is -3.81. The lowest BCUT2D eigenvalue weighted by atomic mass is 10.1. The van der Waals surface area contributed by atoms with Crippen LogP contribution < -0.4 is 25.8 Å². The third kappa shape index (κ3) is 4.91. The Balaban J connectivity index is 1.55. The number of nitrogens with zero attached hydrogens (tertiary/aromatic N) is 2. The maximum absolute atomic E-state index is 12.5. The van der Waals surface area contributed by atoms with Gasteiger partial charge in [0.25, 0.3) is 0 Å². The molecule has 4 N–H and O–H groups in total. The molecule has 0 unspecified atom stereocenters. The fourth-order valence-corrected chi connectivity index (χ4v) is 3.90. The molecule has 1 aromatic heterocycles. The van der Waals surface area contributed by atoms with Gasteiger partial charge in [-0.3, -0.25) is 4.79 Å². The van der Waals surface area contributed by atoms with Gasteiger partial charge >= 0.3 is 0 Å². The van der Waals surface area contributed by atoms with Crippen LogP contribution in [-0.4, -0.2) is 30.1 Å². The lowest BCUT2D eigenvalue weighted by Gasteiger charge is -2.14.